The molecule has 0 radical (unpaired) electrons. The molecular formula is C13H15ClN2OS. The number of ether oxygens (including phenoxy) is 1. The molecule has 0 spiro atoms. The maximum Gasteiger partial charge on any atom is 0.142 e. The molecule has 1 aromatic heterocycles. The van der Waals surface area contributed by atoms with Crippen molar-refractivity contribution in [2.75, 3.05) is 12.4 Å². The van der Waals surface area contributed by atoms with Crippen LogP contribution in [0.5, 0.6) is 5.75 Å². The summed E-state index contributed by atoms with van der Waals surface area (Å²) in [5, 5.41) is 7.17. The first kappa shape index (κ1) is 13.2. The molecule has 5 heteroatoms. The van der Waals surface area contributed by atoms with Crippen LogP contribution < -0.4 is 10.1 Å². The zero-order chi connectivity index (χ0) is 13.1. The molecule has 1 unspecified atom stereocenters. The number of thiazole rings is 1. The first-order valence-electron chi connectivity index (χ1n) is 5.62. The van der Waals surface area contributed by atoms with Crippen LogP contribution in [0.4, 0.5) is 5.69 Å². The fourth-order valence-corrected chi connectivity index (χ4v) is 2.56. The third kappa shape index (κ3) is 2.94. The zero-order valence-electron chi connectivity index (χ0n) is 10.5. The maximum absolute atomic E-state index is 6.00. The molecule has 18 heavy (non-hydrogen) atoms. The van der Waals surface area contributed by atoms with Crippen LogP contribution in [-0.4, -0.2) is 12.1 Å². The van der Waals surface area contributed by atoms with Gasteiger partial charge in [-0.05, 0) is 32.0 Å². The third-order valence-electron chi connectivity index (χ3n) is 2.61. The van der Waals surface area contributed by atoms with Crippen molar-refractivity contribution >= 4 is 28.6 Å². The van der Waals surface area contributed by atoms with Crippen molar-refractivity contribution in [3.8, 4) is 5.75 Å². The second-order valence-corrected chi connectivity index (χ2v) is 5.50. The number of anilines is 1. The summed E-state index contributed by atoms with van der Waals surface area (Å²) in [5.74, 6) is 0.776. The molecule has 1 heterocycles. The summed E-state index contributed by atoms with van der Waals surface area (Å²) in [4.78, 5) is 4.47. The van der Waals surface area contributed by atoms with Crippen molar-refractivity contribution in [2.24, 2.45) is 0 Å². The Morgan fingerprint density at radius 3 is 2.83 bits per heavy atom. The lowest BCUT2D eigenvalue weighted by Gasteiger charge is -2.16. The summed E-state index contributed by atoms with van der Waals surface area (Å²) in [6.45, 7) is 4.07. The Hall–Kier alpha value is -1.26. The van der Waals surface area contributed by atoms with E-state index < -0.39 is 0 Å². The number of benzene rings is 1. The van der Waals surface area contributed by atoms with Gasteiger partial charge in [0.25, 0.3) is 0 Å². The minimum absolute atomic E-state index is 0.113. The molecule has 0 amide bonds. The highest BCUT2D eigenvalue weighted by Gasteiger charge is 2.11. The highest BCUT2D eigenvalue weighted by Crippen LogP contribution is 2.31. The largest absolute Gasteiger partial charge is 0.495 e. The summed E-state index contributed by atoms with van der Waals surface area (Å²) >= 11 is 7.65. The lowest BCUT2D eigenvalue weighted by atomic mass is 10.2. The average molecular weight is 283 g/mol. The normalized spacial score (nSPS) is 12.2. The molecule has 0 bridgehead atoms. The Morgan fingerprint density at radius 1 is 1.44 bits per heavy atom. The van der Waals surface area contributed by atoms with Gasteiger partial charge in [0.15, 0.2) is 0 Å². The molecule has 1 N–H and O–H groups in total. The molecule has 0 aliphatic heterocycles. The quantitative estimate of drug-likeness (QED) is 0.908. The van der Waals surface area contributed by atoms with Gasteiger partial charge >= 0.3 is 0 Å². The smallest absolute Gasteiger partial charge is 0.142 e. The molecule has 0 saturated carbocycles. The topological polar surface area (TPSA) is 34.1 Å². The van der Waals surface area contributed by atoms with E-state index in [0.29, 0.717) is 5.02 Å². The van der Waals surface area contributed by atoms with Gasteiger partial charge in [-0.2, -0.15) is 0 Å². The van der Waals surface area contributed by atoms with Crippen LogP contribution in [0.25, 0.3) is 0 Å². The third-order valence-corrected chi connectivity index (χ3v) is 3.64. The van der Waals surface area contributed by atoms with E-state index in [0.717, 1.165) is 22.1 Å². The number of halogens is 1. The van der Waals surface area contributed by atoms with Gasteiger partial charge < -0.3 is 10.1 Å². The zero-order valence-corrected chi connectivity index (χ0v) is 12.1. The highest BCUT2D eigenvalue weighted by molar-refractivity contribution is 7.09. The second-order valence-electron chi connectivity index (χ2n) is 4.00. The van der Waals surface area contributed by atoms with E-state index in [1.54, 1.807) is 18.4 Å². The van der Waals surface area contributed by atoms with E-state index in [2.05, 4.69) is 22.6 Å². The Balaban J connectivity index is 2.20. The fraction of sp³-hybridized carbons (Fsp3) is 0.308. The maximum atomic E-state index is 6.00. The summed E-state index contributed by atoms with van der Waals surface area (Å²) in [5.41, 5.74) is 1.91. The van der Waals surface area contributed by atoms with Gasteiger partial charge in [0.1, 0.15) is 5.75 Å². The Labute approximate surface area is 116 Å². The number of methoxy groups -OCH3 is 1. The predicted octanol–water partition coefficient (Wildman–Crippen LogP) is 4.29. The predicted molar refractivity (Wildman–Crippen MR) is 76.9 cm³/mol. The molecule has 1 aromatic carbocycles. The van der Waals surface area contributed by atoms with E-state index in [4.69, 9.17) is 16.3 Å². The number of hydrogen-bond donors (Lipinski definition) is 1. The lowest BCUT2D eigenvalue weighted by Crippen LogP contribution is -2.08. The van der Waals surface area contributed by atoms with Crippen molar-refractivity contribution in [2.45, 2.75) is 19.9 Å². The van der Waals surface area contributed by atoms with Crippen LogP contribution in [0.15, 0.2) is 23.6 Å². The minimum atomic E-state index is 0.113. The number of aryl methyl sites for hydroxylation is 1. The van der Waals surface area contributed by atoms with Crippen LogP contribution in [0.2, 0.25) is 5.02 Å². The van der Waals surface area contributed by atoms with Crippen LogP contribution in [0.3, 0.4) is 0 Å². The van der Waals surface area contributed by atoms with Crippen molar-refractivity contribution in [1.82, 2.24) is 4.98 Å². The van der Waals surface area contributed by atoms with E-state index in [1.165, 1.54) is 0 Å². The lowest BCUT2D eigenvalue weighted by molar-refractivity contribution is 0.416. The summed E-state index contributed by atoms with van der Waals surface area (Å²) in [7, 11) is 1.64. The number of nitrogens with one attached hydrogen (secondary N) is 1. The SMILES string of the molecule is COc1ccc(Cl)cc1NC(C)c1csc(C)n1. The van der Waals surface area contributed by atoms with Gasteiger partial charge in [0.05, 0.1) is 29.5 Å². The van der Waals surface area contributed by atoms with Gasteiger partial charge in [-0.25, -0.2) is 4.98 Å². The number of rotatable bonds is 4. The molecule has 3 nitrogen and oxygen atoms in total. The van der Waals surface area contributed by atoms with Crippen molar-refractivity contribution < 1.29 is 4.74 Å². The molecule has 0 fully saturated rings. The first-order chi connectivity index (χ1) is 8.60. The Morgan fingerprint density at radius 2 is 2.22 bits per heavy atom. The fourth-order valence-electron chi connectivity index (χ4n) is 1.68. The molecule has 2 rings (SSSR count). The van der Waals surface area contributed by atoms with Crippen LogP contribution in [0, 0.1) is 6.92 Å². The van der Waals surface area contributed by atoms with Crippen molar-refractivity contribution in [1.29, 1.82) is 0 Å². The Kier molecular flexibility index (Phi) is 4.09. The standard InChI is InChI=1S/C13H15ClN2OS/c1-8(12-7-18-9(2)16-12)15-11-6-10(14)4-5-13(11)17-3/h4-8,15H,1-3H3. The molecule has 0 saturated heterocycles. The molecular weight excluding hydrogens is 268 g/mol. The van der Waals surface area contributed by atoms with Gasteiger partial charge in [-0.1, -0.05) is 11.6 Å². The molecule has 1 atom stereocenters. The first-order valence-corrected chi connectivity index (χ1v) is 6.88. The van der Waals surface area contributed by atoms with Gasteiger partial charge in [0.2, 0.25) is 0 Å². The molecule has 0 aliphatic rings. The molecule has 2 aromatic rings. The number of nitrogens with zero attached hydrogens (tertiary/aromatic N) is 1. The van der Waals surface area contributed by atoms with Gasteiger partial charge in [0, 0.05) is 10.4 Å². The van der Waals surface area contributed by atoms with E-state index in [1.807, 2.05) is 25.1 Å². The van der Waals surface area contributed by atoms with E-state index in [-0.39, 0.29) is 6.04 Å². The van der Waals surface area contributed by atoms with Crippen LogP contribution in [0.1, 0.15) is 23.7 Å². The summed E-state index contributed by atoms with van der Waals surface area (Å²) < 4.78 is 5.30. The van der Waals surface area contributed by atoms with E-state index >= 15 is 0 Å². The molecule has 0 aliphatic carbocycles. The minimum Gasteiger partial charge on any atom is -0.495 e. The highest BCUT2D eigenvalue weighted by atomic mass is 35.5. The molecule has 96 valence electrons. The van der Waals surface area contributed by atoms with E-state index in [9.17, 15) is 0 Å². The van der Waals surface area contributed by atoms with Crippen molar-refractivity contribution in [3.63, 3.8) is 0 Å². The number of hydrogen-bond acceptors (Lipinski definition) is 4. The monoisotopic (exact) mass is 282 g/mol. The Bertz CT molecular complexity index is 542. The average Bonchev–Trinajstić information content (AvgIpc) is 2.76. The summed E-state index contributed by atoms with van der Waals surface area (Å²) in [6, 6.07) is 5.63. The number of aromatic nitrogens is 1. The summed E-state index contributed by atoms with van der Waals surface area (Å²) in [6.07, 6.45) is 0. The van der Waals surface area contributed by atoms with Crippen LogP contribution in [-0.2, 0) is 0 Å². The second kappa shape index (κ2) is 5.59. The van der Waals surface area contributed by atoms with Crippen LogP contribution >= 0.6 is 22.9 Å². The van der Waals surface area contributed by atoms with Gasteiger partial charge in [-0.15, -0.1) is 11.3 Å². The van der Waals surface area contributed by atoms with Gasteiger partial charge in [-0.3, -0.25) is 0 Å². The van der Waals surface area contributed by atoms with Crippen molar-refractivity contribution in [3.05, 3.63) is 39.3 Å².